The van der Waals surface area contributed by atoms with E-state index < -0.39 is 0 Å². The van der Waals surface area contributed by atoms with Crippen LogP contribution < -0.4 is 5.73 Å². The fourth-order valence-electron chi connectivity index (χ4n) is 4.61. The van der Waals surface area contributed by atoms with Gasteiger partial charge in [0.2, 0.25) is 0 Å². The second-order valence-electron chi connectivity index (χ2n) is 7.15. The summed E-state index contributed by atoms with van der Waals surface area (Å²) in [5.74, 6) is 4.81. The maximum Gasteiger partial charge on any atom is -0.00461 e. The molecule has 0 spiro atoms. The molecule has 0 radical (unpaired) electrons. The van der Waals surface area contributed by atoms with Gasteiger partial charge in [-0.2, -0.15) is 0 Å². The topological polar surface area (TPSA) is 26.0 Å². The highest BCUT2D eigenvalue weighted by Gasteiger charge is 2.35. The average Bonchev–Trinajstić information content (AvgIpc) is 2.40. The van der Waals surface area contributed by atoms with Gasteiger partial charge in [0.1, 0.15) is 0 Å². The zero-order valence-electron chi connectivity index (χ0n) is 12.5. The Bertz CT molecular complexity index is 230. The fourth-order valence-corrected chi connectivity index (χ4v) is 4.61. The summed E-state index contributed by atoms with van der Waals surface area (Å²) in [4.78, 5) is 0. The molecule has 2 fully saturated rings. The van der Waals surface area contributed by atoms with E-state index in [4.69, 9.17) is 5.73 Å². The molecule has 18 heavy (non-hydrogen) atoms. The lowest BCUT2D eigenvalue weighted by atomic mass is 9.64. The van der Waals surface area contributed by atoms with Crippen molar-refractivity contribution >= 4 is 0 Å². The minimum atomic E-state index is 0.844. The Kier molecular flexibility index (Phi) is 5.54. The van der Waals surface area contributed by atoms with Crippen LogP contribution in [0.25, 0.3) is 0 Å². The van der Waals surface area contributed by atoms with Crippen LogP contribution in [0.2, 0.25) is 0 Å². The molecule has 1 nitrogen and oxygen atoms in total. The van der Waals surface area contributed by atoms with E-state index in [1.807, 2.05) is 0 Å². The highest BCUT2D eigenvalue weighted by atomic mass is 14.6. The third-order valence-electron chi connectivity index (χ3n) is 5.82. The van der Waals surface area contributed by atoms with Crippen molar-refractivity contribution in [1.29, 1.82) is 0 Å². The smallest absolute Gasteiger partial charge is 0.00461 e. The van der Waals surface area contributed by atoms with Gasteiger partial charge in [-0.05, 0) is 61.8 Å². The molecule has 1 heteroatoms. The minimum absolute atomic E-state index is 0.844. The Hall–Kier alpha value is -0.0400. The molecule has 2 N–H and O–H groups in total. The van der Waals surface area contributed by atoms with Gasteiger partial charge in [-0.25, -0.2) is 0 Å². The predicted octanol–water partition coefficient (Wildman–Crippen LogP) is 4.60. The van der Waals surface area contributed by atoms with Gasteiger partial charge in [-0.3, -0.25) is 0 Å². The van der Waals surface area contributed by atoms with Gasteiger partial charge >= 0.3 is 0 Å². The van der Waals surface area contributed by atoms with Gasteiger partial charge in [0.25, 0.3) is 0 Å². The van der Waals surface area contributed by atoms with Crippen LogP contribution in [0.1, 0.15) is 71.6 Å². The number of hydrogen-bond acceptors (Lipinski definition) is 1. The summed E-state index contributed by atoms with van der Waals surface area (Å²) in [7, 11) is 0. The number of rotatable bonds is 4. The number of hydrogen-bond donors (Lipinski definition) is 1. The molecule has 0 heterocycles. The summed E-state index contributed by atoms with van der Waals surface area (Å²) in [5, 5.41) is 0. The van der Waals surface area contributed by atoms with Crippen molar-refractivity contribution in [2.45, 2.75) is 71.6 Å². The lowest BCUT2D eigenvalue weighted by Crippen LogP contribution is -2.36. The predicted molar refractivity (Wildman–Crippen MR) is 79.4 cm³/mol. The summed E-state index contributed by atoms with van der Waals surface area (Å²) in [6.07, 6.45) is 13.1. The molecule has 0 saturated heterocycles. The molecule has 2 aliphatic carbocycles. The van der Waals surface area contributed by atoms with Crippen LogP contribution in [0.15, 0.2) is 0 Å². The van der Waals surface area contributed by atoms with Crippen molar-refractivity contribution in [3.8, 4) is 0 Å². The first-order valence-electron chi connectivity index (χ1n) is 8.44. The van der Waals surface area contributed by atoms with Gasteiger partial charge in [-0.15, -0.1) is 0 Å². The third kappa shape index (κ3) is 3.50. The van der Waals surface area contributed by atoms with Crippen LogP contribution in [0.4, 0.5) is 0 Å². The fraction of sp³-hybridized carbons (Fsp3) is 1.00. The molecule has 0 aromatic carbocycles. The third-order valence-corrected chi connectivity index (χ3v) is 5.82. The van der Waals surface area contributed by atoms with Gasteiger partial charge in [0, 0.05) is 0 Å². The molecule has 0 amide bonds. The number of nitrogens with two attached hydrogens (primary N) is 1. The molecule has 0 aliphatic heterocycles. The summed E-state index contributed by atoms with van der Waals surface area (Å²) >= 11 is 0. The van der Waals surface area contributed by atoms with Crippen LogP contribution in [0.3, 0.4) is 0 Å². The highest BCUT2D eigenvalue weighted by molar-refractivity contribution is 4.87. The standard InChI is InChI=1S/C17H33N/c1-3-4-14-7-10-16(12-18)17(11-14)15-8-5-13(2)6-9-15/h13-17H,3-12,18H2,1-2H3. The monoisotopic (exact) mass is 251 g/mol. The maximum absolute atomic E-state index is 6.05. The van der Waals surface area contributed by atoms with E-state index in [0.29, 0.717) is 0 Å². The van der Waals surface area contributed by atoms with Gasteiger partial charge in [0.15, 0.2) is 0 Å². The van der Waals surface area contributed by atoms with Crippen molar-refractivity contribution in [2.24, 2.45) is 35.3 Å². The molecule has 2 saturated carbocycles. The first-order chi connectivity index (χ1) is 8.74. The van der Waals surface area contributed by atoms with Crippen molar-refractivity contribution < 1.29 is 0 Å². The van der Waals surface area contributed by atoms with Crippen LogP contribution in [-0.4, -0.2) is 6.54 Å². The molecule has 0 aromatic heterocycles. The molecule has 2 aliphatic rings. The average molecular weight is 251 g/mol. The normalized spacial score (nSPS) is 41.8. The summed E-state index contributed by atoms with van der Waals surface area (Å²) in [5.41, 5.74) is 6.05. The lowest BCUT2D eigenvalue weighted by molar-refractivity contribution is 0.0876. The van der Waals surface area contributed by atoms with E-state index in [0.717, 1.165) is 36.1 Å². The van der Waals surface area contributed by atoms with Crippen molar-refractivity contribution in [3.05, 3.63) is 0 Å². The van der Waals surface area contributed by atoms with Gasteiger partial charge < -0.3 is 5.73 Å². The summed E-state index contributed by atoms with van der Waals surface area (Å²) < 4.78 is 0. The van der Waals surface area contributed by atoms with Crippen LogP contribution >= 0.6 is 0 Å². The van der Waals surface area contributed by atoms with Crippen LogP contribution in [0, 0.1) is 29.6 Å². The molecular weight excluding hydrogens is 218 g/mol. The second-order valence-corrected chi connectivity index (χ2v) is 7.15. The van der Waals surface area contributed by atoms with E-state index in [2.05, 4.69) is 13.8 Å². The molecule has 2 rings (SSSR count). The van der Waals surface area contributed by atoms with E-state index >= 15 is 0 Å². The molecule has 0 bridgehead atoms. The van der Waals surface area contributed by atoms with Crippen molar-refractivity contribution in [1.82, 2.24) is 0 Å². The Morgan fingerprint density at radius 2 is 1.72 bits per heavy atom. The molecular formula is C17H33N. The van der Waals surface area contributed by atoms with Gasteiger partial charge in [0.05, 0.1) is 0 Å². The van der Waals surface area contributed by atoms with E-state index in [-0.39, 0.29) is 0 Å². The van der Waals surface area contributed by atoms with Gasteiger partial charge in [-0.1, -0.05) is 46.0 Å². The Balaban J connectivity index is 1.93. The SMILES string of the molecule is CCCC1CCC(CN)C(C2CCC(C)CC2)C1. The van der Waals surface area contributed by atoms with Crippen molar-refractivity contribution in [3.63, 3.8) is 0 Å². The van der Waals surface area contributed by atoms with E-state index in [1.54, 1.807) is 0 Å². The lowest BCUT2D eigenvalue weighted by Gasteiger charge is -2.42. The molecule has 3 atom stereocenters. The van der Waals surface area contributed by atoms with E-state index in [1.165, 1.54) is 57.8 Å². The first-order valence-corrected chi connectivity index (χ1v) is 8.44. The molecule has 0 aromatic rings. The molecule has 3 unspecified atom stereocenters. The Morgan fingerprint density at radius 1 is 1.00 bits per heavy atom. The first kappa shape index (κ1) is 14.4. The van der Waals surface area contributed by atoms with Crippen molar-refractivity contribution in [2.75, 3.05) is 6.54 Å². The quantitative estimate of drug-likeness (QED) is 0.776. The maximum atomic E-state index is 6.05. The minimum Gasteiger partial charge on any atom is -0.330 e. The zero-order chi connectivity index (χ0) is 13.0. The summed E-state index contributed by atoms with van der Waals surface area (Å²) in [6, 6.07) is 0. The van der Waals surface area contributed by atoms with Crippen LogP contribution in [0.5, 0.6) is 0 Å². The van der Waals surface area contributed by atoms with E-state index in [9.17, 15) is 0 Å². The second kappa shape index (κ2) is 6.93. The Labute approximate surface area is 114 Å². The zero-order valence-corrected chi connectivity index (χ0v) is 12.5. The molecule has 106 valence electrons. The Morgan fingerprint density at radius 3 is 2.33 bits per heavy atom. The summed E-state index contributed by atoms with van der Waals surface area (Å²) in [6.45, 7) is 5.71. The van der Waals surface area contributed by atoms with Crippen LogP contribution in [-0.2, 0) is 0 Å². The largest absolute Gasteiger partial charge is 0.330 e. The highest BCUT2D eigenvalue weighted by Crippen LogP contribution is 2.45.